The minimum atomic E-state index is 0.458. The summed E-state index contributed by atoms with van der Waals surface area (Å²) >= 11 is 0. The van der Waals surface area contributed by atoms with Crippen molar-refractivity contribution in [1.82, 2.24) is 4.90 Å². The van der Waals surface area contributed by atoms with Crippen LogP contribution in [0.2, 0.25) is 0 Å². The number of methoxy groups -OCH3 is 2. The van der Waals surface area contributed by atoms with E-state index >= 15 is 0 Å². The fourth-order valence-electron chi connectivity index (χ4n) is 3.50. The van der Waals surface area contributed by atoms with Crippen LogP contribution in [0.5, 0.6) is 11.5 Å². The van der Waals surface area contributed by atoms with E-state index in [9.17, 15) is 0 Å². The summed E-state index contributed by atoms with van der Waals surface area (Å²) < 4.78 is 10.6. The monoisotopic (exact) mass is 389 g/mol. The average molecular weight is 390 g/mol. The molecule has 0 fully saturated rings. The standard InChI is InChI=1S/C26H31NO2/c1-21(9-10-22-7-5-4-6-8-22)27(19-23-11-15-25(28-2)16-12-23)20-24-13-17-26(29-3)18-14-24/h4-8,11-18,21H,9-10,19-20H2,1-3H3. The molecule has 0 aliphatic rings. The Morgan fingerprint density at radius 2 is 1.14 bits per heavy atom. The predicted octanol–water partition coefficient (Wildman–Crippen LogP) is 5.73. The Morgan fingerprint density at radius 3 is 1.59 bits per heavy atom. The number of ether oxygens (including phenoxy) is 2. The number of rotatable bonds is 10. The molecule has 3 aromatic rings. The van der Waals surface area contributed by atoms with E-state index in [1.165, 1.54) is 16.7 Å². The second-order valence-corrected chi connectivity index (χ2v) is 7.47. The third kappa shape index (κ3) is 6.37. The zero-order valence-corrected chi connectivity index (χ0v) is 17.7. The van der Waals surface area contributed by atoms with Crippen LogP contribution in [0.4, 0.5) is 0 Å². The first-order valence-electron chi connectivity index (χ1n) is 10.2. The van der Waals surface area contributed by atoms with Crippen molar-refractivity contribution in [3.63, 3.8) is 0 Å². The van der Waals surface area contributed by atoms with Crippen molar-refractivity contribution in [2.24, 2.45) is 0 Å². The van der Waals surface area contributed by atoms with E-state index in [1.807, 2.05) is 24.3 Å². The Hall–Kier alpha value is -2.78. The van der Waals surface area contributed by atoms with Crippen molar-refractivity contribution in [2.75, 3.05) is 14.2 Å². The van der Waals surface area contributed by atoms with Crippen LogP contribution in [0, 0.1) is 0 Å². The maximum atomic E-state index is 5.30. The van der Waals surface area contributed by atoms with Crippen LogP contribution in [0.25, 0.3) is 0 Å². The van der Waals surface area contributed by atoms with E-state index < -0.39 is 0 Å². The van der Waals surface area contributed by atoms with E-state index in [0.717, 1.165) is 37.4 Å². The molecule has 0 bridgehead atoms. The van der Waals surface area contributed by atoms with Gasteiger partial charge in [0.2, 0.25) is 0 Å². The summed E-state index contributed by atoms with van der Waals surface area (Å²) in [6, 6.07) is 28.0. The molecular weight excluding hydrogens is 358 g/mol. The van der Waals surface area contributed by atoms with Gasteiger partial charge in [0, 0.05) is 19.1 Å². The lowest BCUT2D eigenvalue weighted by Gasteiger charge is -2.29. The van der Waals surface area contributed by atoms with E-state index in [-0.39, 0.29) is 0 Å². The number of hydrogen-bond donors (Lipinski definition) is 0. The van der Waals surface area contributed by atoms with Gasteiger partial charge < -0.3 is 9.47 Å². The number of benzene rings is 3. The first-order valence-corrected chi connectivity index (χ1v) is 10.2. The zero-order valence-electron chi connectivity index (χ0n) is 17.7. The molecule has 0 aliphatic heterocycles. The fraction of sp³-hybridized carbons (Fsp3) is 0.308. The van der Waals surface area contributed by atoms with E-state index in [0.29, 0.717) is 6.04 Å². The molecule has 152 valence electrons. The molecule has 3 aromatic carbocycles. The summed E-state index contributed by atoms with van der Waals surface area (Å²) in [5, 5.41) is 0. The van der Waals surface area contributed by atoms with Crippen molar-refractivity contribution in [1.29, 1.82) is 0 Å². The summed E-state index contributed by atoms with van der Waals surface area (Å²) in [6.07, 6.45) is 2.21. The van der Waals surface area contributed by atoms with Gasteiger partial charge in [-0.1, -0.05) is 54.6 Å². The summed E-state index contributed by atoms with van der Waals surface area (Å²) in [6.45, 7) is 4.15. The molecule has 1 atom stereocenters. The lowest BCUT2D eigenvalue weighted by molar-refractivity contribution is 0.182. The molecule has 3 rings (SSSR count). The largest absolute Gasteiger partial charge is 0.497 e. The first kappa shape index (κ1) is 20.9. The molecule has 0 aromatic heterocycles. The third-order valence-corrected chi connectivity index (χ3v) is 5.41. The van der Waals surface area contributed by atoms with Crippen LogP contribution in [0.3, 0.4) is 0 Å². The Balaban J connectivity index is 1.71. The zero-order chi connectivity index (χ0) is 20.5. The van der Waals surface area contributed by atoms with Gasteiger partial charge in [0.1, 0.15) is 11.5 Å². The number of aryl methyl sites for hydroxylation is 1. The highest BCUT2D eigenvalue weighted by atomic mass is 16.5. The number of hydrogen-bond acceptors (Lipinski definition) is 3. The molecule has 0 amide bonds. The lowest BCUT2D eigenvalue weighted by atomic mass is 10.0. The van der Waals surface area contributed by atoms with Crippen LogP contribution >= 0.6 is 0 Å². The highest BCUT2D eigenvalue weighted by Gasteiger charge is 2.15. The molecule has 0 spiro atoms. The molecule has 0 radical (unpaired) electrons. The van der Waals surface area contributed by atoms with Gasteiger partial charge in [0.25, 0.3) is 0 Å². The van der Waals surface area contributed by atoms with Gasteiger partial charge in [-0.15, -0.1) is 0 Å². The van der Waals surface area contributed by atoms with Gasteiger partial charge in [0.05, 0.1) is 14.2 Å². The van der Waals surface area contributed by atoms with Crippen molar-refractivity contribution in [3.8, 4) is 11.5 Å². The van der Waals surface area contributed by atoms with Crippen molar-refractivity contribution in [2.45, 2.75) is 38.9 Å². The lowest BCUT2D eigenvalue weighted by Crippen LogP contribution is -2.32. The van der Waals surface area contributed by atoms with Crippen LogP contribution in [-0.4, -0.2) is 25.2 Å². The highest BCUT2D eigenvalue weighted by molar-refractivity contribution is 5.29. The van der Waals surface area contributed by atoms with Gasteiger partial charge in [-0.05, 0) is 60.7 Å². The Kier molecular flexibility index (Phi) is 7.71. The van der Waals surface area contributed by atoms with Crippen LogP contribution in [0.1, 0.15) is 30.0 Å². The van der Waals surface area contributed by atoms with Crippen molar-refractivity contribution in [3.05, 3.63) is 95.6 Å². The summed E-state index contributed by atoms with van der Waals surface area (Å²) in [7, 11) is 3.41. The molecule has 3 heteroatoms. The maximum Gasteiger partial charge on any atom is 0.118 e. The normalized spacial score (nSPS) is 12.0. The van der Waals surface area contributed by atoms with Crippen LogP contribution < -0.4 is 9.47 Å². The van der Waals surface area contributed by atoms with Crippen LogP contribution in [0.15, 0.2) is 78.9 Å². The topological polar surface area (TPSA) is 21.7 Å². The minimum Gasteiger partial charge on any atom is -0.497 e. The second kappa shape index (κ2) is 10.7. The van der Waals surface area contributed by atoms with Gasteiger partial charge in [-0.25, -0.2) is 0 Å². The van der Waals surface area contributed by atoms with Gasteiger partial charge in [-0.3, -0.25) is 4.90 Å². The maximum absolute atomic E-state index is 5.30. The van der Waals surface area contributed by atoms with Crippen LogP contribution in [-0.2, 0) is 19.5 Å². The molecule has 0 aliphatic carbocycles. The van der Waals surface area contributed by atoms with E-state index in [2.05, 4.69) is 66.4 Å². The smallest absolute Gasteiger partial charge is 0.118 e. The van der Waals surface area contributed by atoms with E-state index in [1.54, 1.807) is 14.2 Å². The molecule has 0 heterocycles. The quantitative estimate of drug-likeness (QED) is 0.442. The van der Waals surface area contributed by atoms with Crippen molar-refractivity contribution < 1.29 is 9.47 Å². The fourth-order valence-corrected chi connectivity index (χ4v) is 3.50. The highest BCUT2D eigenvalue weighted by Crippen LogP contribution is 2.20. The molecule has 29 heavy (non-hydrogen) atoms. The molecule has 0 saturated heterocycles. The van der Waals surface area contributed by atoms with Gasteiger partial charge >= 0.3 is 0 Å². The Labute approximate surface area is 174 Å². The second-order valence-electron chi connectivity index (χ2n) is 7.47. The molecule has 0 saturated carbocycles. The molecule has 3 nitrogen and oxygen atoms in total. The Morgan fingerprint density at radius 1 is 0.655 bits per heavy atom. The van der Waals surface area contributed by atoms with Crippen molar-refractivity contribution >= 4 is 0 Å². The number of nitrogens with zero attached hydrogens (tertiary/aromatic N) is 1. The summed E-state index contributed by atoms with van der Waals surface area (Å²) in [5.41, 5.74) is 3.99. The minimum absolute atomic E-state index is 0.458. The SMILES string of the molecule is COc1ccc(CN(Cc2ccc(OC)cc2)C(C)CCc2ccccc2)cc1. The molecule has 0 N–H and O–H groups in total. The summed E-state index contributed by atoms with van der Waals surface area (Å²) in [4.78, 5) is 2.55. The van der Waals surface area contributed by atoms with E-state index in [4.69, 9.17) is 9.47 Å². The molecular formula is C26H31NO2. The Bertz CT molecular complexity index is 795. The molecule has 1 unspecified atom stereocenters. The van der Waals surface area contributed by atoms with Gasteiger partial charge in [0.15, 0.2) is 0 Å². The van der Waals surface area contributed by atoms with Gasteiger partial charge in [-0.2, -0.15) is 0 Å². The third-order valence-electron chi connectivity index (χ3n) is 5.41. The first-order chi connectivity index (χ1) is 14.2. The average Bonchev–Trinajstić information content (AvgIpc) is 2.78. The predicted molar refractivity (Wildman–Crippen MR) is 119 cm³/mol. The summed E-state index contributed by atoms with van der Waals surface area (Å²) in [5.74, 6) is 1.79.